The number of hydrogen-bond acceptors (Lipinski definition) is 7. The maximum atomic E-state index is 11.1. The van der Waals surface area contributed by atoms with E-state index in [0.717, 1.165) is 56.6 Å². The van der Waals surface area contributed by atoms with E-state index in [4.69, 9.17) is 4.74 Å². The first-order chi connectivity index (χ1) is 9.78. The molecular formula is C13H21N3O3S. The second-order valence-electron chi connectivity index (χ2n) is 4.63. The van der Waals surface area contributed by atoms with Gasteiger partial charge in [-0.2, -0.15) is 0 Å². The number of hydrogen-bond donors (Lipinski definition) is 1. The van der Waals surface area contributed by atoms with Crippen molar-refractivity contribution in [2.75, 3.05) is 51.8 Å². The normalized spacial score (nSPS) is 16.1. The first-order valence-electron chi connectivity index (χ1n) is 6.83. The topological polar surface area (TPSA) is 63.7 Å². The maximum Gasteiger partial charge on any atom is 0.311 e. The molecule has 0 spiro atoms. The van der Waals surface area contributed by atoms with Crippen LogP contribution in [0.3, 0.4) is 0 Å². The van der Waals surface area contributed by atoms with Crippen LogP contribution < -0.4 is 5.32 Å². The van der Waals surface area contributed by atoms with Gasteiger partial charge in [-0.15, -0.1) is 11.3 Å². The summed E-state index contributed by atoms with van der Waals surface area (Å²) in [6, 6.07) is 0. The fourth-order valence-electron chi connectivity index (χ4n) is 2.01. The summed E-state index contributed by atoms with van der Waals surface area (Å²) in [5, 5.41) is 6.05. The first kappa shape index (κ1) is 15.2. The molecule has 2 heterocycles. The van der Waals surface area contributed by atoms with Gasteiger partial charge in [0.05, 0.1) is 32.4 Å². The van der Waals surface area contributed by atoms with Crippen molar-refractivity contribution in [1.29, 1.82) is 0 Å². The molecule has 1 aliphatic heterocycles. The highest BCUT2D eigenvalue weighted by Crippen LogP contribution is 2.16. The minimum Gasteiger partial charge on any atom is -0.469 e. The molecule has 0 amide bonds. The van der Waals surface area contributed by atoms with E-state index in [1.807, 2.05) is 5.38 Å². The molecule has 0 bridgehead atoms. The van der Waals surface area contributed by atoms with Crippen molar-refractivity contribution in [3.63, 3.8) is 0 Å². The van der Waals surface area contributed by atoms with Gasteiger partial charge in [-0.25, -0.2) is 4.98 Å². The van der Waals surface area contributed by atoms with E-state index in [0.29, 0.717) is 0 Å². The Morgan fingerprint density at radius 1 is 1.55 bits per heavy atom. The lowest BCUT2D eigenvalue weighted by Gasteiger charge is -2.26. The van der Waals surface area contributed by atoms with Crippen LogP contribution in [-0.2, 0) is 20.7 Å². The van der Waals surface area contributed by atoms with Crippen LogP contribution in [0.1, 0.15) is 12.1 Å². The molecule has 0 unspecified atom stereocenters. The van der Waals surface area contributed by atoms with Gasteiger partial charge in [0.25, 0.3) is 0 Å². The molecule has 1 N–H and O–H groups in total. The number of aromatic nitrogens is 1. The predicted octanol–water partition coefficient (Wildman–Crippen LogP) is 0.993. The molecule has 0 atom stereocenters. The van der Waals surface area contributed by atoms with Gasteiger partial charge in [0.15, 0.2) is 5.13 Å². The molecule has 0 aliphatic carbocycles. The molecule has 0 aromatic carbocycles. The highest BCUT2D eigenvalue weighted by atomic mass is 32.1. The van der Waals surface area contributed by atoms with Crippen LogP contribution in [0.25, 0.3) is 0 Å². The molecular weight excluding hydrogens is 278 g/mol. The van der Waals surface area contributed by atoms with Crippen LogP contribution >= 0.6 is 11.3 Å². The van der Waals surface area contributed by atoms with Crippen LogP contribution in [0.15, 0.2) is 5.38 Å². The van der Waals surface area contributed by atoms with E-state index < -0.39 is 0 Å². The summed E-state index contributed by atoms with van der Waals surface area (Å²) in [5.41, 5.74) is 0.762. The lowest BCUT2D eigenvalue weighted by molar-refractivity contribution is -0.139. The van der Waals surface area contributed by atoms with Crippen molar-refractivity contribution in [2.24, 2.45) is 0 Å². The average molecular weight is 299 g/mol. The maximum absolute atomic E-state index is 11.1. The van der Waals surface area contributed by atoms with E-state index >= 15 is 0 Å². The van der Waals surface area contributed by atoms with Crippen LogP contribution in [0.4, 0.5) is 5.13 Å². The number of carbonyl (C=O) groups is 1. The summed E-state index contributed by atoms with van der Waals surface area (Å²) in [7, 11) is 1.39. The third-order valence-electron chi connectivity index (χ3n) is 3.14. The fraction of sp³-hybridized carbons (Fsp3) is 0.692. The van der Waals surface area contributed by atoms with E-state index in [1.54, 1.807) is 0 Å². The highest BCUT2D eigenvalue weighted by molar-refractivity contribution is 7.13. The first-order valence-corrected chi connectivity index (χ1v) is 7.71. The Kier molecular flexibility index (Phi) is 6.23. The second kappa shape index (κ2) is 8.18. The molecule has 0 saturated carbocycles. The van der Waals surface area contributed by atoms with Gasteiger partial charge in [0.2, 0.25) is 0 Å². The Bertz CT molecular complexity index is 419. The number of methoxy groups -OCH3 is 1. The molecule has 1 aliphatic rings. The Morgan fingerprint density at radius 2 is 2.35 bits per heavy atom. The van der Waals surface area contributed by atoms with Gasteiger partial charge in [0.1, 0.15) is 0 Å². The molecule has 0 radical (unpaired) electrons. The lowest BCUT2D eigenvalue weighted by atomic mass is 10.3. The van der Waals surface area contributed by atoms with Crippen LogP contribution in [0.5, 0.6) is 0 Å². The van der Waals surface area contributed by atoms with Crippen LogP contribution in [0, 0.1) is 0 Å². The molecule has 2 rings (SSSR count). The van der Waals surface area contributed by atoms with E-state index in [-0.39, 0.29) is 12.4 Å². The Balaban J connectivity index is 1.62. The summed E-state index contributed by atoms with van der Waals surface area (Å²) in [6.07, 6.45) is 1.31. The Morgan fingerprint density at radius 3 is 3.10 bits per heavy atom. The number of nitrogens with one attached hydrogen (secondary N) is 1. The Labute approximate surface area is 123 Å². The summed E-state index contributed by atoms with van der Waals surface area (Å²) >= 11 is 1.52. The van der Waals surface area contributed by atoms with Crippen LogP contribution in [0.2, 0.25) is 0 Å². The van der Waals surface area contributed by atoms with E-state index in [1.165, 1.54) is 18.4 Å². The number of esters is 1. The number of rotatable bonds is 7. The third kappa shape index (κ3) is 5.07. The Hall–Kier alpha value is -1.18. The molecule has 1 aromatic rings. The molecule has 1 saturated heterocycles. The quantitative estimate of drug-likeness (QED) is 0.598. The van der Waals surface area contributed by atoms with E-state index in [9.17, 15) is 4.79 Å². The zero-order valence-corrected chi connectivity index (χ0v) is 12.6. The minimum absolute atomic E-state index is 0.239. The van der Waals surface area contributed by atoms with Gasteiger partial charge in [0, 0.05) is 25.0 Å². The number of carbonyl (C=O) groups excluding carboxylic acids is 1. The van der Waals surface area contributed by atoms with Gasteiger partial charge < -0.3 is 14.8 Å². The summed E-state index contributed by atoms with van der Waals surface area (Å²) in [6.45, 7) is 5.72. The molecule has 112 valence electrons. The van der Waals surface area contributed by atoms with Crippen molar-refractivity contribution in [3.05, 3.63) is 11.1 Å². The van der Waals surface area contributed by atoms with Crippen LogP contribution in [-0.4, -0.2) is 62.4 Å². The standard InChI is InChI=1S/C13H21N3O3S/c1-18-12(17)9-11-10-20-13(15-11)14-3-2-4-16-5-7-19-8-6-16/h10H,2-9H2,1H3,(H,14,15). The fourth-order valence-corrected chi connectivity index (χ4v) is 2.75. The third-order valence-corrected chi connectivity index (χ3v) is 3.98. The van der Waals surface area contributed by atoms with Crippen molar-refractivity contribution < 1.29 is 14.3 Å². The predicted molar refractivity (Wildman–Crippen MR) is 78.2 cm³/mol. The molecule has 20 heavy (non-hydrogen) atoms. The number of thiazole rings is 1. The number of ether oxygens (including phenoxy) is 2. The van der Waals surface area contributed by atoms with Crippen molar-refractivity contribution in [2.45, 2.75) is 12.8 Å². The van der Waals surface area contributed by atoms with E-state index in [2.05, 4.69) is 19.9 Å². The van der Waals surface area contributed by atoms with Crippen molar-refractivity contribution in [1.82, 2.24) is 9.88 Å². The lowest BCUT2D eigenvalue weighted by Crippen LogP contribution is -2.37. The average Bonchev–Trinajstić information content (AvgIpc) is 2.92. The molecule has 7 heteroatoms. The van der Waals surface area contributed by atoms with Crippen molar-refractivity contribution >= 4 is 22.4 Å². The van der Waals surface area contributed by atoms with Gasteiger partial charge in [-0.1, -0.05) is 0 Å². The van der Waals surface area contributed by atoms with Gasteiger partial charge >= 0.3 is 5.97 Å². The van der Waals surface area contributed by atoms with Gasteiger partial charge in [-0.05, 0) is 13.0 Å². The van der Waals surface area contributed by atoms with Gasteiger partial charge in [-0.3, -0.25) is 9.69 Å². The highest BCUT2D eigenvalue weighted by Gasteiger charge is 2.10. The molecule has 6 nitrogen and oxygen atoms in total. The number of morpholine rings is 1. The zero-order valence-electron chi connectivity index (χ0n) is 11.8. The SMILES string of the molecule is COC(=O)Cc1csc(NCCCN2CCOCC2)n1. The molecule has 1 fully saturated rings. The second-order valence-corrected chi connectivity index (χ2v) is 5.49. The number of nitrogens with zero attached hydrogens (tertiary/aromatic N) is 2. The molecule has 1 aromatic heterocycles. The van der Waals surface area contributed by atoms with Crippen molar-refractivity contribution in [3.8, 4) is 0 Å². The summed E-state index contributed by atoms with van der Waals surface area (Å²) < 4.78 is 9.93. The summed E-state index contributed by atoms with van der Waals surface area (Å²) in [4.78, 5) is 17.9. The number of anilines is 1. The largest absolute Gasteiger partial charge is 0.469 e. The summed E-state index contributed by atoms with van der Waals surface area (Å²) in [5.74, 6) is -0.255. The monoisotopic (exact) mass is 299 g/mol. The zero-order chi connectivity index (χ0) is 14.2. The minimum atomic E-state index is -0.255. The smallest absolute Gasteiger partial charge is 0.311 e.